The molecular weight excluding hydrogens is 288 g/mol. The monoisotopic (exact) mass is 320 g/mol. The molecule has 3 N–H and O–H groups in total. The van der Waals surface area contributed by atoms with E-state index < -0.39 is 17.6 Å². The minimum atomic E-state index is -0.574. The van der Waals surface area contributed by atoms with E-state index in [9.17, 15) is 15.3 Å². The maximum atomic E-state index is 11.1. The van der Waals surface area contributed by atoms with Crippen molar-refractivity contribution in [2.45, 2.75) is 77.6 Å². The Kier molecular flexibility index (Phi) is 3.23. The van der Waals surface area contributed by atoms with Crippen LogP contribution in [0.2, 0.25) is 0 Å². The van der Waals surface area contributed by atoms with E-state index in [-0.39, 0.29) is 28.8 Å². The molecule has 8 atom stereocenters. The van der Waals surface area contributed by atoms with Crippen LogP contribution in [0.3, 0.4) is 0 Å². The molecule has 1 spiro atoms. The topological polar surface area (TPSA) is 60.7 Å². The van der Waals surface area contributed by atoms with Gasteiger partial charge in [-0.05, 0) is 66.8 Å². The lowest BCUT2D eigenvalue weighted by Crippen LogP contribution is -2.63. The van der Waals surface area contributed by atoms with Gasteiger partial charge in [0, 0.05) is 11.3 Å². The van der Waals surface area contributed by atoms with Crippen LogP contribution in [-0.4, -0.2) is 33.6 Å². The third-order valence-corrected chi connectivity index (χ3v) is 8.52. The summed E-state index contributed by atoms with van der Waals surface area (Å²) in [6.07, 6.45) is 4.31. The highest BCUT2D eigenvalue weighted by molar-refractivity contribution is 5.30. The zero-order valence-corrected chi connectivity index (χ0v) is 14.8. The second-order valence-electron chi connectivity index (χ2n) is 9.92. The number of aliphatic hydroxyl groups excluding tert-OH is 3. The van der Waals surface area contributed by atoms with Gasteiger partial charge < -0.3 is 15.3 Å². The molecule has 0 amide bonds. The first-order valence-corrected chi connectivity index (χ1v) is 9.37. The fraction of sp³-hybridized carbons (Fsp3) is 0.900. The molecule has 3 heteroatoms. The normalized spacial score (nSPS) is 57.7. The molecule has 0 aromatic heterocycles. The number of rotatable bonds is 0. The van der Waals surface area contributed by atoms with Gasteiger partial charge in [-0.2, -0.15) is 0 Å². The molecule has 4 aliphatic rings. The van der Waals surface area contributed by atoms with E-state index in [0.717, 1.165) is 44.1 Å². The Labute approximate surface area is 139 Å². The van der Waals surface area contributed by atoms with Crippen molar-refractivity contribution >= 4 is 0 Å². The van der Waals surface area contributed by atoms with Crippen LogP contribution in [-0.2, 0) is 0 Å². The molecule has 0 aliphatic heterocycles. The average molecular weight is 320 g/mol. The van der Waals surface area contributed by atoms with Gasteiger partial charge in [0.25, 0.3) is 0 Å². The molecule has 2 bridgehead atoms. The third kappa shape index (κ3) is 1.77. The van der Waals surface area contributed by atoms with Crippen LogP contribution in [0, 0.1) is 34.0 Å². The maximum Gasteiger partial charge on any atom is 0.0835 e. The first-order valence-electron chi connectivity index (χ1n) is 9.37. The number of hydrogen-bond acceptors (Lipinski definition) is 3. The number of fused-ring (bicyclic) bond motifs is 3. The highest BCUT2D eigenvalue weighted by atomic mass is 16.3. The van der Waals surface area contributed by atoms with Crippen molar-refractivity contribution in [3.05, 3.63) is 12.2 Å². The Bertz CT molecular complexity index is 541. The van der Waals surface area contributed by atoms with Gasteiger partial charge in [0.1, 0.15) is 0 Å². The number of aliphatic hydroxyl groups is 3. The van der Waals surface area contributed by atoms with Crippen molar-refractivity contribution < 1.29 is 15.3 Å². The van der Waals surface area contributed by atoms with E-state index in [2.05, 4.69) is 27.4 Å². The Hall–Kier alpha value is -0.380. The summed E-state index contributed by atoms with van der Waals surface area (Å²) in [4.78, 5) is 0. The molecule has 8 unspecified atom stereocenters. The largest absolute Gasteiger partial charge is 0.393 e. The molecule has 4 aliphatic carbocycles. The Morgan fingerprint density at radius 1 is 0.957 bits per heavy atom. The Balaban J connectivity index is 1.82. The Morgan fingerprint density at radius 2 is 1.65 bits per heavy atom. The first-order chi connectivity index (χ1) is 10.6. The zero-order chi connectivity index (χ0) is 16.8. The van der Waals surface area contributed by atoms with E-state index >= 15 is 0 Å². The second kappa shape index (κ2) is 4.62. The van der Waals surface area contributed by atoms with Crippen LogP contribution >= 0.6 is 0 Å². The van der Waals surface area contributed by atoms with Crippen molar-refractivity contribution in [3.8, 4) is 0 Å². The van der Waals surface area contributed by atoms with Gasteiger partial charge in [0.15, 0.2) is 0 Å². The van der Waals surface area contributed by atoms with E-state index in [1.807, 2.05) is 0 Å². The highest BCUT2D eigenvalue weighted by Crippen LogP contribution is 2.71. The molecule has 3 nitrogen and oxygen atoms in total. The fourth-order valence-electron chi connectivity index (χ4n) is 7.91. The summed E-state index contributed by atoms with van der Waals surface area (Å²) in [7, 11) is 0. The quantitative estimate of drug-likeness (QED) is 0.602. The van der Waals surface area contributed by atoms with Crippen molar-refractivity contribution in [3.63, 3.8) is 0 Å². The molecule has 4 rings (SSSR count). The van der Waals surface area contributed by atoms with Gasteiger partial charge in [-0.25, -0.2) is 0 Å². The van der Waals surface area contributed by atoms with Gasteiger partial charge in [0.2, 0.25) is 0 Å². The lowest BCUT2D eigenvalue weighted by Gasteiger charge is -2.65. The minimum absolute atomic E-state index is 0.00301. The third-order valence-electron chi connectivity index (χ3n) is 8.52. The molecule has 0 aromatic rings. The predicted molar refractivity (Wildman–Crippen MR) is 89.7 cm³/mol. The summed E-state index contributed by atoms with van der Waals surface area (Å²) in [5, 5.41) is 32.6. The van der Waals surface area contributed by atoms with Crippen LogP contribution in [0.25, 0.3) is 0 Å². The SMILES string of the molecule is C=C1C2CCC3C4(C)CC(O)CC(C)(C)C4CCC3(C1O)C2O. The van der Waals surface area contributed by atoms with Gasteiger partial charge in [-0.1, -0.05) is 27.4 Å². The summed E-state index contributed by atoms with van der Waals surface area (Å²) in [5.74, 6) is 0.908. The lowest BCUT2D eigenvalue weighted by atomic mass is 9.40. The summed E-state index contributed by atoms with van der Waals surface area (Å²) in [5.41, 5.74) is 0.559. The van der Waals surface area contributed by atoms with E-state index in [4.69, 9.17) is 0 Å². The van der Waals surface area contributed by atoms with Crippen molar-refractivity contribution in [2.75, 3.05) is 0 Å². The molecule has 4 saturated carbocycles. The molecule has 23 heavy (non-hydrogen) atoms. The van der Waals surface area contributed by atoms with E-state index in [1.165, 1.54) is 0 Å². The van der Waals surface area contributed by atoms with Gasteiger partial charge in [-0.3, -0.25) is 0 Å². The smallest absolute Gasteiger partial charge is 0.0835 e. The predicted octanol–water partition coefficient (Wildman–Crippen LogP) is 2.89. The number of hydrogen-bond donors (Lipinski definition) is 3. The fourth-order valence-corrected chi connectivity index (χ4v) is 7.91. The summed E-state index contributed by atoms with van der Waals surface area (Å²) < 4.78 is 0. The Morgan fingerprint density at radius 3 is 2.35 bits per heavy atom. The molecule has 130 valence electrons. The molecule has 0 radical (unpaired) electrons. The van der Waals surface area contributed by atoms with Gasteiger partial charge in [0.05, 0.1) is 18.3 Å². The van der Waals surface area contributed by atoms with Gasteiger partial charge >= 0.3 is 0 Å². The zero-order valence-electron chi connectivity index (χ0n) is 14.8. The van der Waals surface area contributed by atoms with E-state index in [1.54, 1.807) is 0 Å². The lowest BCUT2D eigenvalue weighted by molar-refractivity contribution is -0.218. The first kappa shape index (κ1) is 16.1. The van der Waals surface area contributed by atoms with Crippen molar-refractivity contribution in [1.82, 2.24) is 0 Å². The molecular formula is C20H32O3. The van der Waals surface area contributed by atoms with Crippen LogP contribution in [0.1, 0.15) is 59.3 Å². The minimum Gasteiger partial charge on any atom is -0.393 e. The molecule has 4 fully saturated rings. The van der Waals surface area contributed by atoms with Gasteiger partial charge in [-0.15, -0.1) is 0 Å². The average Bonchev–Trinajstić information content (AvgIpc) is 2.55. The standard InChI is InChI=1S/C20H32O3/c1-11-13-5-6-15-19(4)10-12(21)9-18(2,3)14(19)7-8-20(15,16(11)22)17(13)23/h12-17,21-23H,1,5-10H2,2-4H3. The molecule has 0 aromatic carbocycles. The molecule has 0 saturated heterocycles. The summed E-state index contributed by atoms with van der Waals surface area (Å²) in [6, 6.07) is 0. The summed E-state index contributed by atoms with van der Waals surface area (Å²) in [6.45, 7) is 11.0. The molecule has 0 heterocycles. The van der Waals surface area contributed by atoms with Crippen LogP contribution in [0.4, 0.5) is 0 Å². The van der Waals surface area contributed by atoms with Crippen molar-refractivity contribution in [2.24, 2.45) is 34.0 Å². The van der Waals surface area contributed by atoms with Crippen molar-refractivity contribution in [1.29, 1.82) is 0 Å². The maximum absolute atomic E-state index is 11.1. The van der Waals surface area contributed by atoms with Crippen LogP contribution in [0.15, 0.2) is 12.2 Å². The highest BCUT2D eigenvalue weighted by Gasteiger charge is 2.70. The van der Waals surface area contributed by atoms with Crippen LogP contribution < -0.4 is 0 Å². The summed E-state index contributed by atoms with van der Waals surface area (Å²) >= 11 is 0. The van der Waals surface area contributed by atoms with E-state index in [0.29, 0.717) is 5.92 Å². The second-order valence-corrected chi connectivity index (χ2v) is 9.92. The van der Waals surface area contributed by atoms with Crippen LogP contribution in [0.5, 0.6) is 0 Å².